The Labute approximate surface area is 116 Å². The molecule has 6 heteroatoms. The summed E-state index contributed by atoms with van der Waals surface area (Å²) in [5.74, 6) is 1.21. The number of hydrogen-bond acceptors (Lipinski definition) is 5. The fraction of sp³-hybridized carbons (Fsp3) is 0.500. The molecule has 0 aliphatic heterocycles. The highest BCUT2D eigenvalue weighted by Crippen LogP contribution is 2.15. The first-order valence-electron chi connectivity index (χ1n) is 5.74. The summed E-state index contributed by atoms with van der Waals surface area (Å²) in [7, 11) is 0. The van der Waals surface area contributed by atoms with E-state index >= 15 is 0 Å². The fourth-order valence-electron chi connectivity index (χ4n) is 1.28. The predicted molar refractivity (Wildman–Crippen MR) is 74.6 cm³/mol. The normalized spacial score (nSPS) is 12.2. The van der Waals surface area contributed by atoms with Crippen LogP contribution in [0.1, 0.15) is 19.0 Å². The highest BCUT2D eigenvalue weighted by Gasteiger charge is 2.13. The zero-order valence-corrected chi connectivity index (χ0v) is 11.8. The van der Waals surface area contributed by atoms with Gasteiger partial charge in [-0.2, -0.15) is 11.8 Å². The Morgan fingerprint density at radius 1 is 1.67 bits per heavy atom. The maximum Gasteiger partial charge on any atom is 0.322 e. The van der Waals surface area contributed by atoms with Gasteiger partial charge in [-0.05, 0) is 31.2 Å². The van der Waals surface area contributed by atoms with Crippen LogP contribution in [0.3, 0.4) is 0 Å². The second kappa shape index (κ2) is 8.34. The lowest BCUT2D eigenvalue weighted by molar-refractivity contribution is -0.144. The molecule has 2 N–H and O–H groups in total. The second-order valence-electron chi connectivity index (χ2n) is 3.67. The van der Waals surface area contributed by atoms with Gasteiger partial charge in [0.2, 0.25) is 0 Å². The monoisotopic (exact) mass is 288 g/mol. The van der Waals surface area contributed by atoms with Crippen LogP contribution in [0.5, 0.6) is 0 Å². The minimum absolute atomic E-state index is 0.334. The number of nitrogens with two attached hydrogens (primary N) is 1. The molecule has 1 unspecified atom stereocenters. The number of hydrogen-bond donors (Lipinski definition) is 1. The van der Waals surface area contributed by atoms with Gasteiger partial charge < -0.3 is 10.5 Å². The molecule has 0 radical (unpaired) electrons. The van der Waals surface area contributed by atoms with Crippen molar-refractivity contribution in [2.24, 2.45) is 5.73 Å². The number of ether oxygens (including phenoxy) is 1. The third kappa shape index (κ3) is 5.71. The molecule has 1 heterocycles. The minimum atomic E-state index is -0.537. The number of nitrogens with zero attached hydrogens (tertiary/aromatic N) is 1. The highest BCUT2D eigenvalue weighted by atomic mass is 35.5. The van der Waals surface area contributed by atoms with Crippen molar-refractivity contribution in [1.82, 2.24) is 4.98 Å². The molecular formula is C12H17ClN2O2S. The first-order chi connectivity index (χ1) is 8.63. The Morgan fingerprint density at radius 2 is 2.44 bits per heavy atom. The molecule has 0 bridgehead atoms. The van der Waals surface area contributed by atoms with E-state index in [0.717, 1.165) is 17.2 Å². The molecule has 0 spiro atoms. The lowest BCUT2D eigenvalue weighted by atomic mass is 10.2. The third-order valence-electron chi connectivity index (χ3n) is 2.19. The van der Waals surface area contributed by atoms with Gasteiger partial charge in [-0.3, -0.25) is 9.78 Å². The number of rotatable bonds is 7. The van der Waals surface area contributed by atoms with E-state index < -0.39 is 6.04 Å². The van der Waals surface area contributed by atoms with Gasteiger partial charge in [0.25, 0.3) is 0 Å². The number of pyridine rings is 1. The van der Waals surface area contributed by atoms with Crippen molar-refractivity contribution in [3.05, 3.63) is 29.0 Å². The van der Waals surface area contributed by atoms with Gasteiger partial charge in [0.15, 0.2) is 0 Å². The largest absolute Gasteiger partial charge is 0.465 e. The molecule has 0 amide bonds. The van der Waals surface area contributed by atoms with Crippen molar-refractivity contribution in [2.45, 2.75) is 25.1 Å². The van der Waals surface area contributed by atoms with Crippen LogP contribution >= 0.6 is 23.4 Å². The van der Waals surface area contributed by atoms with Gasteiger partial charge in [0.05, 0.1) is 12.3 Å². The number of carbonyl (C=O) groups is 1. The summed E-state index contributed by atoms with van der Waals surface area (Å²) in [4.78, 5) is 15.5. The summed E-state index contributed by atoms with van der Waals surface area (Å²) in [6.45, 7) is 2.14. The molecule has 0 fully saturated rings. The lowest BCUT2D eigenvalue weighted by Gasteiger charge is -2.09. The average molecular weight is 289 g/mol. The zero-order valence-electron chi connectivity index (χ0n) is 10.3. The van der Waals surface area contributed by atoms with E-state index in [4.69, 9.17) is 22.1 Å². The van der Waals surface area contributed by atoms with Crippen LogP contribution in [-0.4, -0.2) is 29.4 Å². The summed E-state index contributed by atoms with van der Waals surface area (Å²) in [5, 5.41) is 0.684. The SMILES string of the molecule is CCOC(=O)C(N)CCSCc1cc(Cl)ccn1. The molecule has 1 rings (SSSR count). The first-order valence-corrected chi connectivity index (χ1v) is 7.27. The predicted octanol–water partition coefficient (Wildman–Crippen LogP) is 2.25. The number of halogens is 1. The van der Waals surface area contributed by atoms with Gasteiger partial charge in [-0.25, -0.2) is 0 Å². The van der Waals surface area contributed by atoms with Crippen molar-refractivity contribution in [1.29, 1.82) is 0 Å². The van der Waals surface area contributed by atoms with Crippen molar-refractivity contribution in [3.63, 3.8) is 0 Å². The van der Waals surface area contributed by atoms with Crippen molar-refractivity contribution in [3.8, 4) is 0 Å². The average Bonchev–Trinajstić information content (AvgIpc) is 2.35. The Bertz CT molecular complexity index is 390. The van der Waals surface area contributed by atoms with Gasteiger partial charge in [-0.15, -0.1) is 0 Å². The molecule has 18 heavy (non-hydrogen) atoms. The molecule has 0 aliphatic rings. The molecule has 4 nitrogen and oxygen atoms in total. The van der Waals surface area contributed by atoms with E-state index in [1.54, 1.807) is 30.9 Å². The van der Waals surface area contributed by atoms with Crippen molar-refractivity contribution < 1.29 is 9.53 Å². The van der Waals surface area contributed by atoms with E-state index in [-0.39, 0.29) is 5.97 Å². The number of carbonyl (C=O) groups excluding carboxylic acids is 1. The van der Waals surface area contributed by atoms with Crippen molar-refractivity contribution >= 4 is 29.3 Å². The summed E-state index contributed by atoms with van der Waals surface area (Å²) in [6, 6.07) is 3.04. The van der Waals surface area contributed by atoms with Crippen LogP contribution in [0, 0.1) is 0 Å². The lowest BCUT2D eigenvalue weighted by Crippen LogP contribution is -2.32. The van der Waals surface area contributed by atoms with Gasteiger partial charge in [0, 0.05) is 17.0 Å². The molecular weight excluding hydrogens is 272 g/mol. The standard InChI is InChI=1S/C12H17ClN2O2S/c1-2-17-12(16)11(14)4-6-18-8-10-7-9(13)3-5-15-10/h3,5,7,11H,2,4,6,8,14H2,1H3. The summed E-state index contributed by atoms with van der Waals surface area (Å²) < 4.78 is 4.83. The molecule has 0 aromatic carbocycles. The van der Waals surface area contributed by atoms with Crippen LogP contribution in [0.15, 0.2) is 18.3 Å². The number of aromatic nitrogens is 1. The fourth-order valence-corrected chi connectivity index (χ4v) is 2.40. The molecule has 1 aromatic heterocycles. The van der Waals surface area contributed by atoms with Crippen LogP contribution in [0.4, 0.5) is 0 Å². The Balaban J connectivity index is 2.20. The van der Waals surface area contributed by atoms with E-state index in [0.29, 0.717) is 18.1 Å². The molecule has 0 aliphatic carbocycles. The van der Waals surface area contributed by atoms with Crippen LogP contribution in [0.2, 0.25) is 5.02 Å². The van der Waals surface area contributed by atoms with Crippen LogP contribution in [0.25, 0.3) is 0 Å². The van der Waals surface area contributed by atoms with Crippen LogP contribution in [-0.2, 0) is 15.3 Å². The summed E-state index contributed by atoms with van der Waals surface area (Å²) >= 11 is 7.52. The summed E-state index contributed by atoms with van der Waals surface area (Å²) in [5.41, 5.74) is 6.61. The smallest absolute Gasteiger partial charge is 0.322 e. The Morgan fingerprint density at radius 3 is 3.11 bits per heavy atom. The maximum atomic E-state index is 11.3. The third-order valence-corrected chi connectivity index (χ3v) is 3.45. The second-order valence-corrected chi connectivity index (χ2v) is 5.21. The maximum absolute atomic E-state index is 11.3. The van der Waals surface area contributed by atoms with Gasteiger partial charge in [-0.1, -0.05) is 11.6 Å². The minimum Gasteiger partial charge on any atom is -0.465 e. The quantitative estimate of drug-likeness (QED) is 0.616. The molecule has 1 aromatic rings. The zero-order chi connectivity index (χ0) is 13.4. The molecule has 0 saturated heterocycles. The first kappa shape index (κ1) is 15.3. The molecule has 0 saturated carbocycles. The van der Waals surface area contributed by atoms with E-state index in [1.165, 1.54) is 0 Å². The van der Waals surface area contributed by atoms with Crippen molar-refractivity contribution in [2.75, 3.05) is 12.4 Å². The molecule has 100 valence electrons. The highest BCUT2D eigenvalue weighted by molar-refractivity contribution is 7.98. The van der Waals surface area contributed by atoms with E-state index in [9.17, 15) is 4.79 Å². The summed E-state index contributed by atoms with van der Waals surface area (Å²) in [6.07, 6.45) is 2.28. The molecule has 1 atom stereocenters. The van der Waals surface area contributed by atoms with Gasteiger partial charge in [0.1, 0.15) is 6.04 Å². The van der Waals surface area contributed by atoms with Gasteiger partial charge >= 0.3 is 5.97 Å². The Kier molecular flexibility index (Phi) is 7.08. The number of thioether (sulfide) groups is 1. The Hall–Kier alpha value is -0.780. The van der Waals surface area contributed by atoms with E-state index in [2.05, 4.69) is 4.98 Å². The number of esters is 1. The topological polar surface area (TPSA) is 65.2 Å². The van der Waals surface area contributed by atoms with Crippen LogP contribution < -0.4 is 5.73 Å². The van der Waals surface area contributed by atoms with E-state index in [1.807, 2.05) is 6.07 Å².